The number of ether oxygens (including phenoxy) is 1. The average Bonchev–Trinajstić information content (AvgIpc) is 2.90. The van der Waals surface area contributed by atoms with Gasteiger partial charge in [-0.3, -0.25) is 9.59 Å². The summed E-state index contributed by atoms with van der Waals surface area (Å²) in [6.07, 6.45) is 5.47. The summed E-state index contributed by atoms with van der Waals surface area (Å²) in [5, 5.41) is 12.3. The lowest BCUT2D eigenvalue weighted by Gasteiger charge is -2.34. The summed E-state index contributed by atoms with van der Waals surface area (Å²) >= 11 is 0. The van der Waals surface area contributed by atoms with Gasteiger partial charge in [0, 0.05) is 19.1 Å². The molecule has 2 saturated heterocycles. The van der Waals surface area contributed by atoms with E-state index < -0.39 is 5.97 Å². The Hall–Kier alpha value is -1.14. The number of morpholine rings is 1. The first-order valence-corrected chi connectivity index (χ1v) is 8.01. The summed E-state index contributed by atoms with van der Waals surface area (Å²) in [6, 6.07) is 0.422. The Kier molecular flexibility index (Phi) is 4.45. The van der Waals surface area contributed by atoms with Gasteiger partial charge in [-0.15, -0.1) is 0 Å². The van der Waals surface area contributed by atoms with Gasteiger partial charge in [0.15, 0.2) is 0 Å². The summed E-state index contributed by atoms with van der Waals surface area (Å²) in [5.41, 5.74) is 0. The van der Waals surface area contributed by atoms with E-state index in [9.17, 15) is 9.59 Å². The molecular formula is C15H24N2O4. The molecule has 0 aromatic heterocycles. The van der Waals surface area contributed by atoms with E-state index in [4.69, 9.17) is 9.84 Å². The Balaban J connectivity index is 1.56. The smallest absolute Gasteiger partial charge is 0.306 e. The molecule has 4 atom stereocenters. The molecule has 0 aromatic carbocycles. The number of fused-ring (bicyclic) bond motifs is 1. The van der Waals surface area contributed by atoms with Gasteiger partial charge in [-0.05, 0) is 25.2 Å². The van der Waals surface area contributed by atoms with Crippen molar-refractivity contribution < 1.29 is 19.4 Å². The molecule has 1 saturated carbocycles. The second-order valence-electron chi connectivity index (χ2n) is 6.48. The number of amides is 1. The Labute approximate surface area is 124 Å². The highest BCUT2D eigenvalue weighted by Gasteiger charge is 2.40. The molecule has 6 heteroatoms. The SMILES string of the molecule is O=C(O)CC1CN(C(=O)C2CC3CCCCC3N2)CCO1. The van der Waals surface area contributed by atoms with Gasteiger partial charge in [0.1, 0.15) is 0 Å². The van der Waals surface area contributed by atoms with Gasteiger partial charge in [-0.2, -0.15) is 0 Å². The van der Waals surface area contributed by atoms with Crippen molar-refractivity contribution in [3.05, 3.63) is 0 Å². The predicted molar refractivity (Wildman–Crippen MR) is 75.9 cm³/mol. The molecule has 3 fully saturated rings. The third kappa shape index (κ3) is 3.37. The van der Waals surface area contributed by atoms with Crippen LogP contribution in [0.2, 0.25) is 0 Å². The van der Waals surface area contributed by atoms with E-state index in [1.807, 2.05) is 0 Å². The highest BCUT2D eigenvalue weighted by molar-refractivity contribution is 5.82. The van der Waals surface area contributed by atoms with E-state index in [-0.39, 0.29) is 24.5 Å². The molecule has 118 valence electrons. The number of nitrogens with one attached hydrogen (secondary N) is 1. The average molecular weight is 296 g/mol. The van der Waals surface area contributed by atoms with E-state index in [1.54, 1.807) is 4.90 Å². The van der Waals surface area contributed by atoms with Crippen LogP contribution in [0.5, 0.6) is 0 Å². The van der Waals surface area contributed by atoms with Crippen molar-refractivity contribution in [3.63, 3.8) is 0 Å². The van der Waals surface area contributed by atoms with Crippen LogP contribution >= 0.6 is 0 Å². The van der Waals surface area contributed by atoms with Crippen LogP contribution in [0.4, 0.5) is 0 Å². The van der Waals surface area contributed by atoms with E-state index in [0.29, 0.717) is 31.7 Å². The fourth-order valence-corrected chi connectivity index (χ4v) is 3.97. The van der Waals surface area contributed by atoms with Crippen LogP contribution in [-0.2, 0) is 14.3 Å². The van der Waals surface area contributed by atoms with Crippen LogP contribution in [-0.4, -0.2) is 59.8 Å². The number of nitrogens with zero attached hydrogens (tertiary/aromatic N) is 1. The first-order valence-electron chi connectivity index (χ1n) is 8.01. The summed E-state index contributed by atoms with van der Waals surface area (Å²) in [5.74, 6) is -0.106. The molecule has 0 aromatic rings. The minimum Gasteiger partial charge on any atom is -0.481 e. The zero-order valence-corrected chi connectivity index (χ0v) is 12.3. The highest BCUT2D eigenvalue weighted by Crippen LogP contribution is 2.33. The van der Waals surface area contributed by atoms with Gasteiger partial charge in [0.05, 0.1) is 25.2 Å². The van der Waals surface area contributed by atoms with Crippen LogP contribution in [0, 0.1) is 5.92 Å². The summed E-state index contributed by atoms with van der Waals surface area (Å²) in [6.45, 7) is 1.41. The van der Waals surface area contributed by atoms with Gasteiger partial charge >= 0.3 is 5.97 Å². The molecule has 4 unspecified atom stereocenters. The first kappa shape index (κ1) is 14.8. The third-order valence-electron chi connectivity index (χ3n) is 5.01. The maximum atomic E-state index is 12.6. The van der Waals surface area contributed by atoms with Crippen LogP contribution in [0.1, 0.15) is 38.5 Å². The van der Waals surface area contributed by atoms with Gasteiger partial charge in [0.2, 0.25) is 5.91 Å². The summed E-state index contributed by atoms with van der Waals surface area (Å²) in [7, 11) is 0. The van der Waals surface area contributed by atoms with Crippen molar-refractivity contribution >= 4 is 11.9 Å². The fraction of sp³-hybridized carbons (Fsp3) is 0.867. The number of hydrogen-bond donors (Lipinski definition) is 2. The third-order valence-corrected chi connectivity index (χ3v) is 5.01. The number of hydrogen-bond acceptors (Lipinski definition) is 4. The largest absolute Gasteiger partial charge is 0.481 e. The number of carboxylic acids is 1. The molecule has 3 rings (SSSR count). The molecule has 2 aliphatic heterocycles. The zero-order chi connectivity index (χ0) is 14.8. The maximum absolute atomic E-state index is 12.6. The number of carbonyl (C=O) groups is 2. The predicted octanol–water partition coefficient (Wildman–Crippen LogP) is 0.609. The minimum atomic E-state index is -0.876. The molecule has 1 aliphatic carbocycles. The number of carbonyl (C=O) groups excluding carboxylic acids is 1. The maximum Gasteiger partial charge on any atom is 0.306 e. The summed E-state index contributed by atoms with van der Waals surface area (Å²) < 4.78 is 5.43. The first-order chi connectivity index (χ1) is 10.1. The lowest BCUT2D eigenvalue weighted by Crippen LogP contribution is -2.52. The molecular weight excluding hydrogens is 272 g/mol. The van der Waals surface area contributed by atoms with Crippen molar-refractivity contribution in [1.29, 1.82) is 0 Å². The Morgan fingerprint density at radius 2 is 2.10 bits per heavy atom. The number of carboxylic acid groups (broad SMARTS) is 1. The summed E-state index contributed by atoms with van der Waals surface area (Å²) in [4.78, 5) is 25.2. The van der Waals surface area contributed by atoms with E-state index in [0.717, 1.165) is 6.42 Å². The quantitative estimate of drug-likeness (QED) is 0.798. The van der Waals surface area contributed by atoms with Crippen molar-refractivity contribution in [1.82, 2.24) is 10.2 Å². The van der Waals surface area contributed by atoms with Gasteiger partial charge in [0.25, 0.3) is 0 Å². The van der Waals surface area contributed by atoms with Crippen molar-refractivity contribution in [2.75, 3.05) is 19.7 Å². The van der Waals surface area contributed by atoms with Crippen LogP contribution in [0.3, 0.4) is 0 Å². The molecule has 6 nitrogen and oxygen atoms in total. The normalized spacial score (nSPS) is 36.3. The van der Waals surface area contributed by atoms with Gasteiger partial charge in [-0.25, -0.2) is 0 Å². The zero-order valence-electron chi connectivity index (χ0n) is 12.3. The molecule has 1 amide bonds. The van der Waals surface area contributed by atoms with Crippen molar-refractivity contribution in [2.45, 2.75) is 56.7 Å². The lowest BCUT2D eigenvalue weighted by atomic mass is 9.85. The monoisotopic (exact) mass is 296 g/mol. The van der Waals surface area contributed by atoms with Crippen LogP contribution < -0.4 is 5.32 Å². The van der Waals surface area contributed by atoms with Gasteiger partial charge in [-0.1, -0.05) is 12.8 Å². The molecule has 2 heterocycles. The topological polar surface area (TPSA) is 78.9 Å². The Bertz CT molecular complexity index is 400. The van der Waals surface area contributed by atoms with E-state index in [2.05, 4.69) is 5.32 Å². The molecule has 2 N–H and O–H groups in total. The second kappa shape index (κ2) is 6.32. The van der Waals surface area contributed by atoms with Crippen LogP contribution in [0.25, 0.3) is 0 Å². The van der Waals surface area contributed by atoms with E-state index >= 15 is 0 Å². The fourth-order valence-electron chi connectivity index (χ4n) is 3.97. The molecule has 0 radical (unpaired) electrons. The molecule has 0 spiro atoms. The Morgan fingerprint density at radius 1 is 1.29 bits per heavy atom. The lowest BCUT2D eigenvalue weighted by molar-refractivity contribution is -0.148. The second-order valence-corrected chi connectivity index (χ2v) is 6.48. The molecule has 0 bridgehead atoms. The number of aliphatic carboxylic acids is 1. The standard InChI is InChI=1S/C15H24N2O4/c18-14(19)8-11-9-17(5-6-21-11)15(20)13-7-10-3-1-2-4-12(10)16-13/h10-13,16H,1-9H2,(H,18,19). The van der Waals surface area contributed by atoms with Crippen molar-refractivity contribution in [2.24, 2.45) is 5.92 Å². The molecule has 3 aliphatic rings. The highest BCUT2D eigenvalue weighted by atomic mass is 16.5. The van der Waals surface area contributed by atoms with Gasteiger partial charge < -0.3 is 20.1 Å². The van der Waals surface area contributed by atoms with Crippen molar-refractivity contribution in [3.8, 4) is 0 Å². The van der Waals surface area contributed by atoms with E-state index in [1.165, 1.54) is 25.7 Å². The number of rotatable bonds is 3. The Morgan fingerprint density at radius 3 is 2.86 bits per heavy atom. The minimum absolute atomic E-state index is 0.0346. The molecule has 21 heavy (non-hydrogen) atoms. The van der Waals surface area contributed by atoms with Crippen LogP contribution in [0.15, 0.2) is 0 Å².